The summed E-state index contributed by atoms with van der Waals surface area (Å²) in [6, 6.07) is 26.9. The van der Waals surface area contributed by atoms with E-state index in [1.807, 2.05) is 6.08 Å². The van der Waals surface area contributed by atoms with Crippen molar-refractivity contribution in [3.05, 3.63) is 222 Å². The molecule has 0 aliphatic heterocycles. The number of aliphatic hydroxyl groups is 2. The second-order valence-electron chi connectivity index (χ2n) is 28.6. The first kappa shape index (κ1) is 117. The number of rotatable bonds is 15. The number of nitrogens with zero attached hydrogens (tertiary/aromatic N) is 1. The molecule has 1 radical (unpaired) electrons. The van der Waals surface area contributed by atoms with Crippen LogP contribution in [0.2, 0.25) is 0 Å². The Balaban J connectivity index is 0.000000737. The molecule has 7 aliphatic rings. The number of phenols is 1. The van der Waals surface area contributed by atoms with E-state index in [1.54, 1.807) is 51.5 Å². The summed E-state index contributed by atoms with van der Waals surface area (Å²) in [5, 5.41) is 42.4. The zero-order valence-electron chi connectivity index (χ0n) is 75.0. The SMILES string of the molecule is BrB(Br)Br.C.CO.CO.COC(=O)Cl.COC(=O)Oc1cc(N)c(F)cc1C1CCCC1.COC(=O)Oc1cc([N+](=O)[O-])c(F)cc1C1CCCC1.COC(=O)Oc1ccc(F)cc1C1CCCC1.COc1ccc(F)cc1Br.COc1ccc(F)cc1C1=CCCC1.COc1ccc(F)cc1C1CCCC1.O[B]OC1=CCCC1.Oc1ccc(F)cc1C1CCCC1.[2H]CC. The number of phenolic OH excluding ortho intramolecular Hbond substituents is 1. The molecule has 37 heteroatoms. The minimum absolute atomic E-state index is 0. The highest BCUT2D eigenvalue weighted by atomic mass is 79.9. The minimum Gasteiger partial charge on any atom is -0.541 e. The summed E-state index contributed by atoms with van der Waals surface area (Å²) in [6.07, 6.45) is 29.6. The maximum atomic E-state index is 13.7. The number of benzene rings is 7. The van der Waals surface area contributed by atoms with Crippen LogP contribution < -0.4 is 34.2 Å². The summed E-state index contributed by atoms with van der Waals surface area (Å²) in [7, 11) is 12.4. The number of carbonyl (C=O) groups excluding carboxylic acids is 4. The predicted molar refractivity (Wildman–Crippen MR) is 508 cm³/mol. The average molecular weight is 2110 g/mol. The number of allylic oxidation sites excluding steroid dienone is 4. The third-order valence-electron chi connectivity index (χ3n) is 20.6. The zero-order chi connectivity index (χ0) is 97.2. The first-order chi connectivity index (χ1) is 62.3. The van der Waals surface area contributed by atoms with Gasteiger partial charge in [0.1, 0.15) is 75.1 Å². The summed E-state index contributed by atoms with van der Waals surface area (Å²) < 4.78 is 151. The zero-order valence-corrected chi connectivity index (χ0v) is 81.1. The molecule has 7 aromatic rings. The molecule has 0 bridgehead atoms. The molecule has 0 heterocycles. The van der Waals surface area contributed by atoms with Gasteiger partial charge in [-0.2, -0.15) is 4.39 Å². The second-order valence-corrected chi connectivity index (χ2v) is 36.2. The molecule has 0 saturated heterocycles. The highest BCUT2D eigenvalue weighted by Crippen LogP contribution is 2.45. The number of nitrogens with two attached hydrogens (primary N) is 1. The Hall–Kier alpha value is -8.77. The fourth-order valence-corrected chi connectivity index (χ4v) is 15.3. The lowest BCUT2D eigenvalue weighted by Crippen LogP contribution is -2.11. The Labute approximate surface area is 799 Å². The van der Waals surface area contributed by atoms with Crippen molar-refractivity contribution < 1.29 is 129 Å². The Morgan fingerprint density at radius 1 is 0.477 bits per heavy atom. The number of aliphatic hydroxyl groups excluding tert-OH is 2. The quantitative estimate of drug-likeness (QED) is 0.00733. The number of aromatic hydroxyl groups is 1. The van der Waals surface area contributed by atoms with Gasteiger partial charge in [0.05, 0.1) is 76.7 Å². The highest BCUT2D eigenvalue weighted by molar-refractivity contribution is 9.69. The summed E-state index contributed by atoms with van der Waals surface area (Å²) >= 11 is 17.1. The number of nitrogen functional groups attached to an aromatic ring is 1. The van der Waals surface area contributed by atoms with Gasteiger partial charge in [-0.1, -0.05) is 91.5 Å². The van der Waals surface area contributed by atoms with Crippen molar-refractivity contribution in [2.45, 2.75) is 218 Å². The van der Waals surface area contributed by atoms with Crippen LogP contribution in [-0.4, -0.2) is 124 Å². The van der Waals surface area contributed by atoms with Crippen molar-refractivity contribution in [3.63, 3.8) is 0 Å². The van der Waals surface area contributed by atoms with Crippen molar-refractivity contribution in [3.8, 4) is 40.2 Å². The van der Waals surface area contributed by atoms with E-state index in [0.29, 0.717) is 51.6 Å². The molecule has 6 N–H and O–H groups in total. The number of nitro benzene ring substituents is 1. The lowest BCUT2D eigenvalue weighted by molar-refractivity contribution is -0.387. The number of ether oxygens (including phenoxy) is 10. The number of hydrogen-bond donors (Lipinski definition) is 5. The maximum absolute atomic E-state index is 13.7. The first-order valence-electron chi connectivity index (χ1n) is 42.2. The first-order valence-corrected chi connectivity index (χ1v) is 45.4. The molecule has 7 aliphatic carbocycles. The number of nitro groups is 1. The fraction of sp³-hybridized carbons (Fsp3) is 0.462. The second kappa shape index (κ2) is 68.3. The van der Waals surface area contributed by atoms with Gasteiger partial charge in [-0.05, 0) is 262 Å². The average Bonchev–Trinajstić information content (AvgIpc) is 1.73. The third kappa shape index (κ3) is 44.2. The van der Waals surface area contributed by atoms with Crippen molar-refractivity contribution in [2.75, 3.05) is 69.7 Å². The van der Waals surface area contributed by atoms with Crippen molar-refractivity contribution >= 4 is 127 Å². The van der Waals surface area contributed by atoms with E-state index in [4.69, 9.17) is 55.4 Å². The van der Waals surface area contributed by atoms with Crippen LogP contribution in [0.1, 0.15) is 253 Å². The molecule has 5 saturated carbocycles. The van der Waals surface area contributed by atoms with E-state index >= 15 is 0 Å². The van der Waals surface area contributed by atoms with Crippen molar-refractivity contribution in [1.82, 2.24) is 0 Å². The Morgan fingerprint density at radius 3 is 1.18 bits per heavy atom. The third-order valence-corrected chi connectivity index (χ3v) is 21.4. The summed E-state index contributed by atoms with van der Waals surface area (Å²) in [5.74, 6) is 2.92. The van der Waals surface area contributed by atoms with E-state index in [-0.39, 0.29) is 74.6 Å². The van der Waals surface area contributed by atoms with Gasteiger partial charge in [0.25, 0.3) is 0 Å². The predicted octanol–water partition coefficient (Wildman–Crippen LogP) is 27.7. The maximum Gasteiger partial charge on any atom is 0.569 e. The van der Waals surface area contributed by atoms with E-state index in [0.717, 1.165) is 209 Å². The van der Waals surface area contributed by atoms with Crippen LogP contribution in [0.4, 0.5) is 61.3 Å². The molecule has 5 fully saturated rings. The van der Waals surface area contributed by atoms with Crippen LogP contribution in [0.3, 0.4) is 0 Å². The summed E-state index contributed by atoms with van der Waals surface area (Å²) in [6.45, 7) is 2.29. The summed E-state index contributed by atoms with van der Waals surface area (Å²) in [4.78, 5) is 52.7. The van der Waals surface area contributed by atoms with Gasteiger partial charge >= 0.3 is 40.5 Å². The smallest absolute Gasteiger partial charge is 0.541 e. The van der Waals surface area contributed by atoms with Crippen LogP contribution in [0.15, 0.2) is 138 Å². The standard InChI is InChI=1S/C13H14FNO5.C13H16FNO3.C13H15FO3.C12H15FO.C12H13FO.C11H13FO.C7H6BrFO.C5H8BO2.C2H3ClO2.C2H6.2CH4O.CH4.BBr3/c1-19-13(16)20-12-7-11(15(17)18)10(14)6-9(12)8-4-2-3-5-8;1-17-13(16)18-12-7-11(15)10(14)6-9(12)8-4-2-3-5-8;1-16-13(15)17-12-7-6-10(14)8-11(12)9-4-2-3-5-9;2*1-14-12-7-6-10(13)8-11(12)9-4-2-3-5-9;12-9-5-6-11(13)10(7-9)8-3-1-2-4-8;1-10-7-3-2-5(9)4-6(7)8;7-6-8-5-3-1-2-4-5;1-5-2(3)4;3*1-2;;2-1(3)4/h6-8H,2-5H2,1H3;6-8H,2-5,15H2,1H3;6-9H,2-5H2,1H3;6-9H,2-5H2,1H3;4,6-8H,2-3,5H2,1H3;5-8,13H,1-4H2;2-4H,1H3;3,7H,1-2,4H2;1H3;1-2H3;2*2H,1H3;1H4;/i;;;;;;;;;1D;;;;. The number of methoxy groups -OCH3 is 7. The molecule has 0 unspecified atom stereocenters. The topological polar surface area (TPSA) is 320 Å². The van der Waals surface area contributed by atoms with Crippen LogP contribution in [-0.2, 0) is 23.6 Å². The van der Waals surface area contributed by atoms with Crippen molar-refractivity contribution in [2.24, 2.45) is 0 Å². The van der Waals surface area contributed by atoms with Crippen LogP contribution >= 0.6 is 74.8 Å². The molecule has 7 aromatic carbocycles. The molecular formula is C93H121B2Br4ClF7N2O21. The lowest BCUT2D eigenvalue weighted by atomic mass is 9.96. The molecule has 0 atom stereocenters. The van der Waals surface area contributed by atoms with E-state index in [1.165, 1.54) is 145 Å². The monoisotopic (exact) mass is 2110 g/mol. The van der Waals surface area contributed by atoms with Crippen LogP contribution in [0, 0.1) is 50.8 Å². The normalized spacial score (nSPS) is 14.4. The summed E-state index contributed by atoms with van der Waals surface area (Å²) in [5.41, 5.74) is 9.88. The fourth-order valence-electron chi connectivity index (χ4n) is 14.8. The van der Waals surface area contributed by atoms with Crippen molar-refractivity contribution in [1.29, 1.82) is 0 Å². The Bertz CT molecular complexity index is 4590. The van der Waals surface area contributed by atoms with Crippen LogP contribution in [0.5, 0.6) is 40.2 Å². The van der Waals surface area contributed by atoms with Gasteiger partial charge < -0.3 is 78.1 Å². The number of carbonyl (C=O) groups is 4. The number of anilines is 1. The molecule has 0 amide bonds. The molecular weight excluding hydrogens is 1990 g/mol. The lowest BCUT2D eigenvalue weighted by Gasteiger charge is -2.15. The molecule has 23 nitrogen and oxygen atoms in total. The Kier molecular flexibility index (Phi) is 61.6. The van der Waals surface area contributed by atoms with Gasteiger partial charge in [0.15, 0.2) is 0 Å². The van der Waals surface area contributed by atoms with Gasteiger partial charge in [-0.25, -0.2) is 45.5 Å². The molecule has 0 spiro atoms. The van der Waals surface area contributed by atoms with Gasteiger partial charge in [-0.3, -0.25) is 10.1 Å². The molecule has 719 valence electrons. The number of hydrogen-bond acceptors (Lipinski definition) is 22. The molecule has 14 rings (SSSR count). The largest absolute Gasteiger partial charge is 0.569 e. The van der Waals surface area contributed by atoms with E-state index in [9.17, 15) is 65.1 Å². The highest BCUT2D eigenvalue weighted by Gasteiger charge is 2.30. The van der Waals surface area contributed by atoms with E-state index < -0.39 is 46.1 Å². The van der Waals surface area contributed by atoms with Gasteiger partial charge in [0, 0.05) is 67.5 Å². The van der Waals surface area contributed by atoms with Gasteiger partial charge in [0.2, 0.25) is 5.82 Å². The number of halogens is 12. The Morgan fingerprint density at radius 2 is 0.808 bits per heavy atom. The van der Waals surface area contributed by atoms with Gasteiger partial charge in [-0.15, -0.1) is 47.3 Å². The van der Waals surface area contributed by atoms with E-state index in [2.05, 4.69) is 99.8 Å². The molecule has 0 aromatic heterocycles. The van der Waals surface area contributed by atoms with Crippen LogP contribution in [0.25, 0.3) is 5.57 Å². The minimum atomic E-state index is -0.981. The molecule has 130 heavy (non-hydrogen) atoms.